The van der Waals surface area contributed by atoms with Crippen molar-refractivity contribution in [3.63, 3.8) is 0 Å². The van der Waals surface area contributed by atoms with Crippen LogP contribution in [-0.4, -0.2) is 10.2 Å². The average molecular weight is 477 g/mol. The van der Waals surface area contributed by atoms with Crippen LogP contribution in [0, 0.1) is 0 Å². The van der Waals surface area contributed by atoms with Crippen molar-refractivity contribution in [2.75, 3.05) is 5.01 Å². The molecule has 0 saturated carbocycles. The van der Waals surface area contributed by atoms with Crippen LogP contribution in [-0.2, 0) is 0 Å². The molecule has 0 bridgehead atoms. The lowest BCUT2D eigenvalue weighted by Gasteiger charge is -2.21. The molecule has 0 radical (unpaired) electrons. The highest BCUT2D eigenvalue weighted by Crippen LogP contribution is 2.41. The number of amidine groups is 1. The second kappa shape index (κ2) is 10.4. The molecule has 0 unspecified atom stereocenters. The number of para-hydroxylation sites is 1. The smallest absolute Gasteiger partial charge is 0.219 e. The van der Waals surface area contributed by atoms with Crippen LogP contribution in [0.3, 0.4) is 0 Å². The summed E-state index contributed by atoms with van der Waals surface area (Å²) in [7, 11) is 0. The lowest BCUT2D eigenvalue weighted by molar-refractivity contribution is 1.14. The van der Waals surface area contributed by atoms with E-state index in [1.54, 1.807) is 5.01 Å². The van der Waals surface area contributed by atoms with Crippen LogP contribution in [0.15, 0.2) is 137 Å². The van der Waals surface area contributed by atoms with Crippen molar-refractivity contribution < 1.29 is 0 Å². The molecule has 5 rings (SSSR count). The minimum atomic E-state index is 0.500. The van der Waals surface area contributed by atoms with Gasteiger partial charge in [-0.1, -0.05) is 109 Å². The van der Waals surface area contributed by atoms with Gasteiger partial charge in [0.15, 0.2) is 0 Å². The van der Waals surface area contributed by atoms with E-state index in [1.807, 2.05) is 97.1 Å². The fourth-order valence-electron chi connectivity index (χ4n) is 3.53. The molecule has 0 amide bonds. The Kier molecular flexibility index (Phi) is 6.70. The van der Waals surface area contributed by atoms with Gasteiger partial charge in [-0.3, -0.25) is 0 Å². The van der Waals surface area contributed by atoms with Crippen molar-refractivity contribution in [1.82, 2.24) is 0 Å². The van der Waals surface area contributed by atoms with E-state index in [1.165, 1.54) is 11.8 Å². The second-order valence-corrected chi connectivity index (χ2v) is 8.77. The summed E-state index contributed by atoms with van der Waals surface area (Å²) in [6.07, 6.45) is 0. The number of nitrogens with zero attached hydrogens (tertiary/aromatic N) is 4. The Hall–Kier alpha value is -3.87. The monoisotopic (exact) mass is 476 g/mol. The third kappa shape index (κ3) is 4.88. The summed E-state index contributed by atoms with van der Waals surface area (Å²) in [6, 6.07) is 40.0. The zero-order valence-corrected chi connectivity index (χ0v) is 19.8. The highest BCUT2D eigenvalue weighted by molar-refractivity contribution is 8.22. The van der Waals surface area contributed by atoms with E-state index in [0.29, 0.717) is 10.2 Å². The number of rotatable bonds is 4. The Bertz CT molecular complexity index is 1370. The average Bonchev–Trinajstić information content (AvgIpc) is 3.06. The van der Waals surface area contributed by atoms with E-state index >= 15 is 0 Å². The Balaban J connectivity index is 1.70. The minimum absolute atomic E-state index is 0.500. The molecule has 4 nitrogen and oxygen atoms in total. The summed E-state index contributed by atoms with van der Waals surface area (Å²) in [6.45, 7) is 0. The molecule has 164 valence electrons. The SMILES string of the molecule is S=C1C(c2ccccc2)=C(c2ccccc2)SC(N=Nc2ccccc2)=NN1c1ccccc1. The Morgan fingerprint density at radius 3 is 1.76 bits per heavy atom. The summed E-state index contributed by atoms with van der Waals surface area (Å²) in [4.78, 5) is 1.59. The van der Waals surface area contributed by atoms with Crippen molar-refractivity contribution in [3.8, 4) is 0 Å². The predicted molar refractivity (Wildman–Crippen MR) is 147 cm³/mol. The third-order valence-electron chi connectivity index (χ3n) is 5.12. The van der Waals surface area contributed by atoms with E-state index in [4.69, 9.17) is 17.3 Å². The first-order chi connectivity index (χ1) is 16.8. The number of hydrogen-bond acceptors (Lipinski definition) is 5. The van der Waals surface area contributed by atoms with Gasteiger partial charge in [0.1, 0.15) is 4.99 Å². The highest BCUT2D eigenvalue weighted by Gasteiger charge is 2.27. The molecule has 1 aliphatic heterocycles. The van der Waals surface area contributed by atoms with Crippen molar-refractivity contribution in [1.29, 1.82) is 0 Å². The molecule has 0 atom stereocenters. The molecule has 0 fully saturated rings. The van der Waals surface area contributed by atoms with E-state index in [2.05, 4.69) is 34.5 Å². The van der Waals surface area contributed by atoms with Crippen LogP contribution >= 0.6 is 24.0 Å². The topological polar surface area (TPSA) is 40.3 Å². The zero-order valence-electron chi connectivity index (χ0n) is 18.2. The lowest BCUT2D eigenvalue weighted by Crippen LogP contribution is -2.24. The molecule has 4 aromatic rings. The summed E-state index contributed by atoms with van der Waals surface area (Å²) in [5, 5.41) is 16.1. The number of benzene rings is 4. The number of hydrogen-bond donors (Lipinski definition) is 0. The normalized spacial score (nSPS) is 14.3. The maximum absolute atomic E-state index is 6.08. The van der Waals surface area contributed by atoms with Gasteiger partial charge in [-0.25, -0.2) is 5.01 Å². The van der Waals surface area contributed by atoms with Crippen molar-refractivity contribution in [2.24, 2.45) is 15.3 Å². The first-order valence-corrected chi connectivity index (χ1v) is 12.0. The first-order valence-electron chi connectivity index (χ1n) is 10.8. The van der Waals surface area contributed by atoms with E-state index in [0.717, 1.165) is 33.0 Å². The molecule has 4 aromatic carbocycles. The lowest BCUT2D eigenvalue weighted by atomic mass is 10.0. The molecule has 0 aromatic heterocycles. The number of azo groups is 1. The molecule has 0 saturated heterocycles. The summed E-state index contributed by atoms with van der Waals surface area (Å²) in [5.41, 5.74) is 4.63. The van der Waals surface area contributed by atoms with Crippen LogP contribution in [0.25, 0.3) is 10.5 Å². The summed E-state index contributed by atoms with van der Waals surface area (Å²) < 4.78 is 0. The molecule has 6 heteroatoms. The molecular weight excluding hydrogens is 456 g/mol. The van der Waals surface area contributed by atoms with Gasteiger partial charge in [0.2, 0.25) is 5.17 Å². The molecule has 0 aliphatic carbocycles. The van der Waals surface area contributed by atoms with Crippen LogP contribution < -0.4 is 5.01 Å². The van der Waals surface area contributed by atoms with Crippen LogP contribution in [0.5, 0.6) is 0 Å². The van der Waals surface area contributed by atoms with Gasteiger partial charge in [0.05, 0.1) is 11.4 Å². The number of anilines is 1. The fraction of sp³-hybridized carbons (Fsp3) is 0. The van der Waals surface area contributed by atoms with Crippen LogP contribution in [0.4, 0.5) is 11.4 Å². The largest absolute Gasteiger partial charge is 0.232 e. The zero-order chi connectivity index (χ0) is 23.2. The standard InChI is InChI=1S/C28H20N4S2/c33-27-25(21-13-5-1-6-14-21)26(22-15-7-2-8-16-22)34-28(30-29-23-17-9-3-10-18-23)31-32(27)24-19-11-4-12-20-24/h1-20H. The van der Waals surface area contributed by atoms with E-state index in [-0.39, 0.29) is 0 Å². The number of hydrazone groups is 1. The highest BCUT2D eigenvalue weighted by atomic mass is 32.2. The van der Waals surface area contributed by atoms with Gasteiger partial charge in [-0.05, 0) is 47.2 Å². The fourth-order valence-corrected chi connectivity index (χ4v) is 4.92. The van der Waals surface area contributed by atoms with Crippen molar-refractivity contribution in [2.45, 2.75) is 0 Å². The molecule has 34 heavy (non-hydrogen) atoms. The minimum Gasteiger partial charge on any atom is -0.219 e. The number of thiocarbonyl (C=S) groups is 1. The van der Waals surface area contributed by atoms with E-state index < -0.39 is 0 Å². The Labute approximate surface area is 208 Å². The predicted octanol–water partition coefficient (Wildman–Crippen LogP) is 8.19. The second-order valence-electron chi connectivity index (χ2n) is 7.41. The molecule has 0 N–H and O–H groups in total. The molecule has 0 spiro atoms. The van der Waals surface area contributed by atoms with Crippen molar-refractivity contribution >= 4 is 56.0 Å². The third-order valence-corrected chi connectivity index (χ3v) is 6.49. The Morgan fingerprint density at radius 2 is 1.15 bits per heavy atom. The van der Waals surface area contributed by atoms with E-state index in [9.17, 15) is 0 Å². The van der Waals surface area contributed by atoms with Gasteiger partial charge >= 0.3 is 0 Å². The summed E-state index contributed by atoms with van der Waals surface area (Å²) >= 11 is 7.55. The van der Waals surface area contributed by atoms with Gasteiger partial charge < -0.3 is 0 Å². The van der Waals surface area contributed by atoms with Gasteiger partial charge in [0.25, 0.3) is 0 Å². The van der Waals surface area contributed by atoms with Gasteiger partial charge in [0, 0.05) is 10.5 Å². The molecule has 1 aliphatic rings. The Morgan fingerprint density at radius 1 is 0.618 bits per heavy atom. The molecular formula is C28H20N4S2. The molecule has 1 heterocycles. The summed E-state index contributed by atoms with van der Waals surface area (Å²) in [5.74, 6) is 0. The maximum Gasteiger partial charge on any atom is 0.232 e. The first kappa shape index (κ1) is 21.9. The van der Waals surface area contributed by atoms with Crippen molar-refractivity contribution in [3.05, 3.63) is 132 Å². The maximum atomic E-state index is 6.08. The number of thioether (sulfide) groups is 1. The quantitative estimate of drug-likeness (QED) is 0.220. The van der Waals surface area contributed by atoms with Crippen LogP contribution in [0.2, 0.25) is 0 Å². The van der Waals surface area contributed by atoms with Gasteiger partial charge in [-0.2, -0.15) is 0 Å². The van der Waals surface area contributed by atoms with Gasteiger partial charge in [-0.15, -0.1) is 15.3 Å². The van der Waals surface area contributed by atoms with Crippen LogP contribution in [0.1, 0.15) is 11.1 Å².